The number of rotatable bonds is 6. The zero-order chi connectivity index (χ0) is 17.6. The summed E-state index contributed by atoms with van der Waals surface area (Å²) in [5, 5.41) is 7.99. The van der Waals surface area contributed by atoms with Gasteiger partial charge in [-0.1, -0.05) is 12.1 Å². The first-order chi connectivity index (χ1) is 12.2. The Morgan fingerprint density at radius 3 is 2.40 bits per heavy atom. The summed E-state index contributed by atoms with van der Waals surface area (Å²) in [6.07, 6.45) is 4.26. The van der Waals surface area contributed by atoms with Crippen LogP contribution >= 0.6 is 11.8 Å². The molecular formula is C18H19N3O3S. The van der Waals surface area contributed by atoms with Gasteiger partial charge in [0.1, 0.15) is 0 Å². The van der Waals surface area contributed by atoms with E-state index in [1.54, 1.807) is 36.0 Å². The van der Waals surface area contributed by atoms with Gasteiger partial charge in [-0.25, -0.2) is 4.79 Å². The Balaban J connectivity index is 1.55. The van der Waals surface area contributed by atoms with E-state index in [4.69, 9.17) is 4.74 Å². The molecule has 0 bridgehead atoms. The lowest BCUT2D eigenvalue weighted by Gasteiger charge is -2.15. The molecule has 3 rings (SSSR count). The molecule has 0 unspecified atom stereocenters. The van der Waals surface area contributed by atoms with Gasteiger partial charge >= 0.3 is 5.97 Å². The summed E-state index contributed by atoms with van der Waals surface area (Å²) in [4.78, 5) is 27.3. The molecule has 0 N–H and O–H groups in total. The summed E-state index contributed by atoms with van der Waals surface area (Å²) in [5.74, 6) is -0.129. The number of ether oxygens (including phenoxy) is 1. The number of benzene rings is 1. The molecular weight excluding hydrogens is 338 g/mol. The third kappa shape index (κ3) is 4.36. The molecule has 1 aliphatic rings. The zero-order valence-electron chi connectivity index (χ0n) is 14.0. The van der Waals surface area contributed by atoms with E-state index < -0.39 is 5.97 Å². The largest absolute Gasteiger partial charge is 0.453 e. The molecule has 25 heavy (non-hydrogen) atoms. The van der Waals surface area contributed by atoms with Crippen molar-refractivity contribution in [2.45, 2.75) is 17.7 Å². The van der Waals surface area contributed by atoms with Crippen LogP contribution in [0.5, 0.6) is 0 Å². The summed E-state index contributed by atoms with van der Waals surface area (Å²) in [5.41, 5.74) is 0.620. The normalized spacial score (nSPS) is 13.7. The molecule has 1 fully saturated rings. The Bertz CT molecular complexity index is 741. The first-order valence-corrected chi connectivity index (χ1v) is 9.33. The highest BCUT2D eigenvalue weighted by molar-refractivity contribution is 7.98. The second kappa shape index (κ2) is 8.11. The number of hydrogen-bond donors (Lipinski definition) is 0. The molecule has 0 spiro atoms. The minimum atomic E-state index is -0.644. The molecule has 1 aliphatic heterocycles. The van der Waals surface area contributed by atoms with Crippen LogP contribution < -0.4 is 4.90 Å². The summed E-state index contributed by atoms with van der Waals surface area (Å²) in [6, 6.07) is 10.5. The smallest absolute Gasteiger partial charge is 0.359 e. The minimum absolute atomic E-state index is 0.105. The van der Waals surface area contributed by atoms with Gasteiger partial charge in [0.15, 0.2) is 23.9 Å². The van der Waals surface area contributed by atoms with Gasteiger partial charge in [0.2, 0.25) is 0 Å². The fraction of sp³-hybridized carbons (Fsp3) is 0.333. The first-order valence-electron chi connectivity index (χ1n) is 8.10. The monoisotopic (exact) mass is 357 g/mol. The van der Waals surface area contributed by atoms with Gasteiger partial charge in [-0.15, -0.1) is 22.0 Å². The maximum atomic E-state index is 12.1. The van der Waals surface area contributed by atoms with Crippen LogP contribution in [0.1, 0.15) is 33.7 Å². The van der Waals surface area contributed by atoms with Crippen molar-refractivity contribution < 1.29 is 14.3 Å². The van der Waals surface area contributed by atoms with Gasteiger partial charge in [-0.3, -0.25) is 4.79 Å². The minimum Gasteiger partial charge on any atom is -0.453 e. The van der Waals surface area contributed by atoms with Crippen molar-refractivity contribution in [2.24, 2.45) is 0 Å². The van der Waals surface area contributed by atoms with Gasteiger partial charge < -0.3 is 9.64 Å². The van der Waals surface area contributed by atoms with Gasteiger partial charge in [-0.2, -0.15) is 0 Å². The Morgan fingerprint density at radius 2 is 1.80 bits per heavy atom. The summed E-state index contributed by atoms with van der Waals surface area (Å²) < 4.78 is 5.06. The molecule has 0 amide bonds. The average Bonchev–Trinajstić information content (AvgIpc) is 3.21. The predicted molar refractivity (Wildman–Crippen MR) is 96.3 cm³/mol. The van der Waals surface area contributed by atoms with Crippen molar-refractivity contribution in [2.75, 3.05) is 30.9 Å². The third-order valence-corrected chi connectivity index (χ3v) is 4.78. The summed E-state index contributed by atoms with van der Waals surface area (Å²) in [7, 11) is 0. The highest BCUT2D eigenvalue weighted by Crippen LogP contribution is 2.17. The number of ketones is 1. The maximum absolute atomic E-state index is 12.1. The first kappa shape index (κ1) is 17.4. The fourth-order valence-electron chi connectivity index (χ4n) is 2.61. The average molecular weight is 357 g/mol. The number of carbonyl (C=O) groups is 2. The molecule has 7 heteroatoms. The molecule has 6 nitrogen and oxygen atoms in total. The maximum Gasteiger partial charge on any atom is 0.359 e. The summed E-state index contributed by atoms with van der Waals surface area (Å²) >= 11 is 1.60. The molecule has 1 aromatic carbocycles. The number of carbonyl (C=O) groups excluding carboxylic acids is 2. The number of anilines is 1. The SMILES string of the molecule is CSc1ccc(C(=O)COC(=O)c2ccc(N3CCCC3)nn2)cc1. The second-order valence-electron chi connectivity index (χ2n) is 5.70. The van der Waals surface area contributed by atoms with Gasteiger partial charge in [0, 0.05) is 23.5 Å². The molecule has 0 saturated carbocycles. The second-order valence-corrected chi connectivity index (χ2v) is 6.58. The summed E-state index contributed by atoms with van der Waals surface area (Å²) in [6.45, 7) is 1.61. The Morgan fingerprint density at radius 1 is 1.08 bits per heavy atom. The van der Waals surface area contributed by atoms with E-state index in [2.05, 4.69) is 15.1 Å². The van der Waals surface area contributed by atoms with Crippen LogP contribution in [0.2, 0.25) is 0 Å². The number of hydrogen-bond acceptors (Lipinski definition) is 7. The molecule has 0 atom stereocenters. The van der Waals surface area contributed by atoms with Crippen LogP contribution in [0.3, 0.4) is 0 Å². The number of nitrogens with zero attached hydrogens (tertiary/aromatic N) is 3. The third-order valence-electron chi connectivity index (χ3n) is 4.04. The van der Waals surface area contributed by atoms with Crippen molar-refractivity contribution in [3.05, 3.63) is 47.7 Å². The van der Waals surface area contributed by atoms with E-state index in [-0.39, 0.29) is 18.1 Å². The van der Waals surface area contributed by atoms with Gasteiger partial charge in [0.05, 0.1) is 0 Å². The van der Waals surface area contributed by atoms with Crippen LogP contribution in [0.25, 0.3) is 0 Å². The highest BCUT2D eigenvalue weighted by Gasteiger charge is 2.17. The molecule has 0 aliphatic carbocycles. The predicted octanol–water partition coefficient (Wildman–Crippen LogP) is 2.84. The molecule has 0 radical (unpaired) electrons. The number of esters is 1. The van der Waals surface area contributed by atoms with Crippen molar-refractivity contribution in [3.8, 4) is 0 Å². The van der Waals surface area contributed by atoms with E-state index in [9.17, 15) is 9.59 Å². The fourth-order valence-corrected chi connectivity index (χ4v) is 3.02. The lowest BCUT2D eigenvalue weighted by molar-refractivity contribution is 0.0468. The Hall–Kier alpha value is -2.41. The zero-order valence-corrected chi connectivity index (χ0v) is 14.8. The van der Waals surface area contributed by atoms with Crippen molar-refractivity contribution in [1.29, 1.82) is 0 Å². The lowest BCUT2D eigenvalue weighted by atomic mass is 10.1. The van der Waals surface area contributed by atoms with Gasteiger partial charge in [-0.05, 0) is 43.4 Å². The van der Waals surface area contributed by atoms with E-state index >= 15 is 0 Å². The van der Waals surface area contributed by atoms with Crippen molar-refractivity contribution in [1.82, 2.24) is 10.2 Å². The van der Waals surface area contributed by atoms with Gasteiger partial charge in [0.25, 0.3) is 0 Å². The topological polar surface area (TPSA) is 72.4 Å². The quantitative estimate of drug-likeness (QED) is 0.447. The Labute approximate surface area is 150 Å². The standard InChI is InChI=1S/C18H19N3O3S/c1-25-14-6-4-13(5-7-14)16(22)12-24-18(23)15-8-9-17(20-19-15)21-10-2-3-11-21/h4-9H,2-3,10-12H2,1H3. The number of thioether (sulfide) groups is 1. The van der Waals surface area contributed by atoms with Crippen molar-refractivity contribution >= 4 is 29.3 Å². The molecule has 1 aromatic heterocycles. The number of Topliss-reactive ketones (excluding diaryl/α,β-unsaturated/α-hetero) is 1. The molecule has 130 valence electrons. The Kier molecular flexibility index (Phi) is 5.65. The van der Waals surface area contributed by atoms with E-state index in [1.807, 2.05) is 18.4 Å². The molecule has 1 saturated heterocycles. The highest BCUT2D eigenvalue weighted by atomic mass is 32.2. The van der Waals surface area contributed by atoms with Crippen LogP contribution in [0.4, 0.5) is 5.82 Å². The van der Waals surface area contributed by atoms with E-state index in [1.165, 1.54) is 0 Å². The van der Waals surface area contributed by atoms with E-state index in [0.29, 0.717) is 5.56 Å². The van der Waals surface area contributed by atoms with Crippen LogP contribution in [-0.4, -0.2) is 47.9 Å². The van der Waals surface area contributed by atoms with Crippen LogP contribution in [-0.2, 0) is 4.74 Å². The molecule has 2 heterocycles. The number of aromatic nitrogens is 2. The molecule has 2 aromatic rings. The lowest BCUT2D eigenvalue weighted by Crippen LogP contribution is -2.20. The van der Waals surface area contributed by atoms with E-state index in [0.717, 1.165) is 36.6 Å². The van der Waals surface area contributed by atoms with Crippen molar-refractivity contribution in [3.63, 3.8) is 0 Å². The van der Waals surface area contributed by atoms with Crippen LogP contribution in [0.15, 0.2) is 41.3 Å². The van der Waals surface area contributed by atoms with Crippen LogP contribution in [0, 0.1) is 0 Å².